The molecule has 0 saturated heterocycles. The molecule has 3 heteroatoms. The highest BCUT2D eigenvalue weighted by atomic mass is 35.5. The first-order chi connectivity index (χ1) is 7.45. The van der Waals surface area contributed by atoms with Gasteiger partial charge in [0, 0.05) is 5.02 Å². The fourth-order valence-corrected chi connectivity index (χ4v) is 1.20. The van der Waals surface area contributed by atoms with E-state index in [0.717, 1.165) is 12.0 Å². The minimum Gasteiger partial charge on any atom is -0.460 e. The maximum atomic E-state index is 11.7. The van der Waals surface area contributed by atoms with E-state index in [2.05, 4.69) is 0 Å². The number of benzene rings is 1. The molecule has 0 aliphatic carbocycles. The number of esters is 1. The summed E-state index contributed by atoms with van der Waals surface area (Å²) in [6.07, 6.45) is 0.770. The Morgan fingerprint density at radius 2 is 1.88 bits per heavy atom. The van der Waals surface area contributed by atoms with Gasteiger partial charge in [0.2, 0.25) is 0 Å². The third kappa shape index (κ3) is 3.53. The molecule has 1 aromatic rings. The van der Waals surface area contributed by atoms with E-state index in [0.29, 0.717) is 11.6 Å². The Morgan fingerprint density at radius 1 is 1.31 bits per heavy atom. The van der Waals surface area contributed by atoms with E-state index in [-0.39, 0.29) is 5.97 Å². The van der Waals surface area contributed by atoms with Crippen LogP contribution in [-0.4, -0.2) is 5.97 Å². The molecule has 0 bridgehead atoms. The van der Waals surface area contributed by atoms with Gasteiger partial charge in [-0.3, -0.25) is 4.79 Å². The monoisotopic (exact) mass is 240 g/mol. The minimum atomic E-state index is -0.410. The van der Waals surface area contributed by atoms with Gasteiger partial charge in [0.15, 0.2) is 0 Å². The van der Waals surface area contributed by atoms with E-state index in [4.69, 9.17) is 16.3 Å². The van der Waals surface area contributed by atoms with E-state index in [1.165, 1.54) is 0 Å². The van der Waals surface area contributed by atoms with Crippen LogP contribution in [0.3, 0.4) is 0 Å². The topological polar surface area (TPSA) is 26.3 Å². The van der Waals surface area contributed by atoms with Gasteiger partial charge in [-0.1, -0.05) is 30.7 Å². The Morgan fingerprint density at radius 3 is 2.38 bits per heavy atom. The Hall–Kier alpha value is -1.02. The number of halogens is 1. The van der Waals surface area contributed by atoms with E-state index in [9.17, 15) is 4.79 Å². The summed E-state index contributed by atoms with van der Waals surface area (Å²) in [4.78, 5) is 11.7. The Balaban J connectivity index is 2.52. The predicted octanol–water partition coefficient (Wildman–Crippen LogP) is 3.82. The van der Waals surface area contributed by atoms with Crippen molar-refractivity contribution in [2.75, 3.05) is 0 Å². The van der Waals surface area contributed by atoms with Gasteiger partial charge >= 0.3 is 5.97 Å². The van der Waals surface area contributed by atoms with Gasteiger partial charge in [0.25, 0.3) is 0 Å². The first-order valence-electron chi connectivity index (χ1n) is 5.37. The van der Waals surface area contributed by atoms with E-state index in [1.54, 1.807) is 12.1 Å². The summed E-state index contributed by atoms with van der Waals surface area (Å²) in [6, 6.07) is 7.29. The van der Waals surface area contributed by atoms with Gasteiger partial charge in [-0.15, -0.1) is 0 Å². The second kappa shape index (κ2) is 5.35. The maximum absolute atomic E-state index is 11.7. The molecule has 1 aromatic carbocycles. The average Bonchev–Trinajstić information content (AvgIpc) is 2.28. The second-order valence-corrected chi connectivity index (χ2v) is 4.88. The van der Waals surface area contributed by atoms with Crippen molar-refractivity contribution in [1.29, 1.82) is 0 Å². The zero-order chi connectivity index (χ0) is 12.2. The van der Waals surface area contributed by atoms with Crippen LogP contribution in [0.5, 0.6) is 0 Å². The van der Waals surface area contributed by atoms with Crippen LogP contribution < -0.4 is 0 Å². The van der Waals surface area contributed by atoms with Crippen molar-refractivity contribution >= 4 is 17.6 Å². The highest BCUT2D eigenvalue weighted by molar-refractivity contribution is 6.30. The molecule has 0 aliphatic rings. The zero-order valence-electron chi connectivity index (χ0n) is 9.92. The molecule has 0 spiro atoms. The smallest absolute Gasteiger partial charge is 0.311 e. The maximum Gasteiger partial charge on any atom is 0.311 e. The van der Waals surface area contributed by atoms with Crippen LogP contribution in [0, 0.1) is 5.41 Å². The molecular weight excluding hydrogens is 224 g/mol. The molecule has 0 atom stereocenters. The van der Waals surface area contributed by atoms with Crippen LogP contribution >= 0.6 is 11.6 Å². The molecule has 0 radical (unpaired) electrons. The van der Waals surface area contributed by atoms with Crippen molar-refractivity contribution in [2.24, 2.45) is 5.41 Å². The van der Waals surface area contributed by atoms with Crippen molar-refractivity contribution in [3.63, 3.8) is 0 Å². The summed E-state index contributed by atoms with van der Waals surface area (Å²) in [5.41, 5.74) is 0.538. The summed E-state index contributed by atoms with van der Waals surface area (Å²) >= 11 is 5.76. The molecule has 1 rings (SSSR count). The number of hydrogen-bond donors (Lipinski definition) is 0. The molecule has 16 heavy (non-hydrogen) atoms. The SMILES string of the molecule is CCC(C)(C)C(=O)OCc1ccc(Cl)cc1. The lowest BCUT2D eigenvalue weighted by molar-refractivity contribution is -0.155. The van der Waals surface area contributed by atoms with Gasteiger partial charge in [0.1, 0.15) is 6.61 Å². The highest BCUT2D eigenvalue weighted by Crippen LogP contribution is 2.22. The van der Waals surface area contributed by atoms with Gasteiger partial charge in [-0.05, 0) is 38.0 Å². The van der Waals surface area contributed by atoms with Gasteiger partial charge in [-0.2, -0.15) is 0 Å². The lowest BCUT2D eigenvalue weighted by Crippen LogP contribution is -2.25. The van der Waals surface area contributed by atoms with Crippen LogP contribution in [0.2, 0.25) is 5.02 Å². The summed E-state index contributed by atoms with van der Waals surface area (Å²) in [5, 5.41) is 0.684. The fraction of sp³-hybridized carbons (Fsp3) is 0.462. The van der Waals surface area contributed by atoms with Gasteiger partial charge in [-0.25, -0.2) is 0 Å². The van der Waals surface area contributed by atoms with E-state index < -0.39 is 5.41 Å². The van der Waals surface area contributed by atoms with Crippen molar-refractivity contribution in [2.45, 2.75) is 33.8 Å². The van der Waals surface area contributed by atoms with Gasteiger partial charge < -0.3 is 4.74 Å². The normalized spacial score (nSPS) is 11.2. The summed E-state index contributed by atoms with van der Waals surface area (Å²) < 4.78 is 5.24. The number of hydrogen-bond acceptors (Lipinski definition) is 2. The Labute approximate surface area is 102 Å². The third-order valence-corrected chi connectivity index (χ3v) is 2.97. The lowest BCUT2D eigenvalue weighted by Gasteiger charge is -2.20. The predicted molar refractivity (Wildman–Crippen MR) is 65.3 cm³/mol. The van der Waals surface area contributed by atoms with Crippen molar-refractivity contribution in [1.82, 2.24) is 0 Å². The fourth-order valence-electron chi connectivity index (χ4n) is 1.07. The quantitative estimate of drug-likeness (QED) is 0.748. The molecule has 0 N–H and O–H groups in total. The van der Waals surface area contributed by atoms with E-state index >= 15 is 0 Å². The zero-order valence-corrected chi connectivity index (χ0v) is 10.7. The van der Waals surface area contributed by atoms with E-state index in [1.807, 2.05) is 32.9 Å². The molecule has 0 aromatic heterocycles. The number of rotatable bonds is 4. The minimum absolute atomic E-state index is 0.162. The summed E-state index contributed by atoms with van der Waals surface area (Å²) in [7, 11) is 0. The first-order valence-corrected chi connectivity index (χ1v) is 5.75. The molecule has 0 unspecified atom stereocenters. The largest absolute Gasteiger partial charge is 0.460 e. The van der Waals surface area contributed by atoms with Crippen molar-refractivity contribution in [3.05, 3.63) is 34.9 Å². The summed E-state index contributed by atoms with van der Waals surface area (Å²) in [6.45, 7) is 6.05. The van der Waals surface area contributed by atoms with Crippen LogP contribution in [0.15, 0.2) is 24.3 Å². The molecular formula is C13H17ClO2. The Bertz CT molecular complexity index is 355. The molecule has 0 amide bonds. The third-order valence-electron chi connectivity index (χ3n) is 2.72. The molecule has 0 aliphatic heterocycles. The number of ether oxygens (including phenoxy) is 1. The standard InChI is InChI=1S/C13H17ClO2/c1-4-13(2,3)12(15)16-9-10-5-7-11(14)8-6-10/h5-8H,4,9H2,1-3H3. The van der Waals surface area contributed by atoms with Crippen LogP contribution in [0.25, 0.3) is 0 Å². The van der Waals surface area contributed by atoms with Crippen LogP contribution in [-0.2, 0) is 16.1 Å². The molecule has 0 heterocycles. The number of carbonyl (C=O) groups excluding carboxylic acids is 1. The summed E-state index contributed by atoms with van der Waals surface area (Å²) in [5.74, 6) is -0.162. The van der Waals surface area contributed by atoms with Crippen molar-refractivity contribution < 1.29 is 9.53 Å². The van der Waals surface area contributed by atoms with Crippen molar-refractivity contribution in [3.8, 4) is 0 Å². The highest BCUT2D eigenvalue weighted by Gasteiger charge is 2.26. The lowest BCUT2D eigenvalue weighted by atomic mass is 9.91. The molecule has 0 saturated carbocycles. The Kier molecular flexibility index (Phi) is 4.36. The van der Waals surface area contributed by atoms with Crippen LogP contribution in [0.1, 0.15) is 32.8 Å². The number of carbonyl (C=O) groups is 1. The first kappa shape index (κ1) is 13.0. The van der Waals surface area contributed by atoms with Gasteiger partial charge in [0.05, 0.1) is 5.41 Å². The average molecular weight is 241 g/mol. The molecule has 88 valence electrons. The molecule has 2 nitrogen and oxygen atoms in total. The molecule has 0 fully saturated rings. The van der Waals surface area contributed by atoms with Crippen LogP contribution in [0.4, 0.5) is 0 Å². The second-order valence-electron chi connectivity index (χ2n) is 4.44.